The van der Waals surface area contributed by atoms with Gasteiger partial charge in [-0.1, -0.05) is 295 Å². The van der Waals surface area contributed by atoms with Crippen LogP contribution in [0.4, 0.5) is 0 Å². The molecular weight excluding hydrogens is 625 g/mol. The third kappa shape index (κ3) is 27.6. The molecule has 0 heterocycles. The third-order valence-corrected chi connectivity index (χ3v) is 14.8. The summed E-state index contributed by atoms with van der Waals surface area (Å²) in [7, 11) is 0. The Balaban J connectivity index is 0.000000161. The standard InChI is InChI=1S/2C8H16.2C7H12.2C6H12.2C5H10/c2*1-2-4-6-8-7-5-3-1;2*1-2-7-4-3-6(1)5-7;2*1-2-4-6-5-3-1;2*1-2-4-5-3-1/h2*1-8H2;2*6-7H,1-5H2;2*1-6H2;2*1-5H2. The summed E-state index contributed by atoms with van der Waals surface area (Å²) < 4.78 is 0. The first-order valence-electron chi connectivity index (χ1n) is 25.9. The van der Waals surface area contributed by atoms with Crippen molar-refractivity contribution in [2.24, 2.45) is 23.7 Å². The number of fused-ring (bicyclic) bond motifs is 4. The molecule has 0 heteroatoms. The zero-order valence-electron chi connectivity index (χ0n) is 36.3. The van der Waals surface area contributed by atoms with Gasteiger partial charge in [0, 0.05) is 0 Å². The normalized spacial score (nSPS) is 30.5. The van der Waals surface area contributed by atoms with E-state index in [1.165, 1.54) is 268 Å². The summed E-state index contributed by atoms with van der Waals surface area (Å²) in [5.74, 6) is 4.69. The Bertz CT molecular complexity index is 511. The molecule has 0 aromatic rings. The van der Waals surface area contributed by atoms with Gasteiger partial charge in [-0.05, 0) is 36.5 Å². The van der Waals surface area contributed by atoms with E-state index in [1.54, 1.807) is 64.2 Å². The van der Waals surface area contributed by atoms with E-state index in [2.05, 4.69) is 0 Å². The lowest BCUT2D eigenvalue weighted by Gasteiger charge is -2.05. The van der Waals surface area contributed by atoms with Gasteiger partial charge in [-0.2, -0.15) is 0 Å². The first kappa shape index (κ1) is 46.4. The smallest absolute Gasteiger partial charge is 0.0411 e. The highest BCUT2D eigenvalue weighted by Gasteiger charge is 2.31. The zero-order valence-corrected chi connectivity index (χ0v) is 36.3. The molecule has 10 aliphatic carbocycles. The topological polar surface area (TPSA) is 0 Å². The summed E-state index contributed by atoms with van der Waals surface area (Å²) in [6.07, 6.45) is 72.6. The van der Waals surface area contributed by atoms with Crippen molar-refractivity contribution >= 4 is 0 Å². The van der Waals surface area contributed by atoms with E-state index in [4.69, 9.17) is 0 Å². The van der Waals surface area contributed by atoms with Crippen molar-refractivity contribution in [2.75, 3.05) is 0 Å². The minimum absolute atomic E-state index is 1.17. The molecule has 0 atom stereocenters. The van der Waals surface area contributed by atoms with Crippen molar-refractivity contribution in [3.8, 4) is 0 Å². The van der Waals surface area contributed by atoms with Gasteiger partial charge >= 0.3 is 0 Å². The van der Waals surface area contributed by atoms with Gasteiger partial charge in [0.2, 0.25) is 0 Å². The lowest BCUT2D eigenvalue weighted by molar-refractivity contribution is 0.480. The molecule has 0 N–H and O–H groups in total. The maximum absolute atomic E-state index is 1.58. The summed E-state index contributed by atoms with van der Waals surface area (Å²) in [6.45, 7) is 0. The number of hydrogen-bond donors (Lipinski definition) is 0. The third-order valence-electron chi connectivity index (χ3n) is 14.8. The van der Waals surface area contributed by atoms with Gasteiger partial charge in [0.05, 0.1) is 0 Å². The maximum atomic E-state index is 1.58. The Kier molecular flexibility index (Phi) is 31.6. The van der Waals surface area contributed by atoms with Crippen molar-refractivity contribution in [3.05, 3.63) is 0 Å². The fourth-order valence-electron chi connectivity index (χ4n) is 11.1. The van der Waals surface area contributed by atoms with Crippen LogP contribution < -0.4 is 0 Å². The van der Waals surface area contributed by atoms with E-state index < -0.39 is 0 Å². The van der Waals surface area contributed by atoms with Crippen LogP contribution in [0.15, 0.2) is 0 Å². The maximum Gasteiger partial charge on any atom is -0.0411 e. The van der Waals surface area contributed by atoms with Gasteiger partial charge < -0.3 is 0 Å². The molecule has 4 bridgehead atoms. The van der Waals surface area contributed by atoms with E-state index in [9.17, 15) is 0 Å². The predicted molar refractivity (Wildman–Crippen MR) is 236 cm³/mol. The molecule has 10 rings (SSSR count). The number of rotatable bonds is 0. The van der Waals surface area contributed by atoms with Crippen molar-refractivity contribution < 1.29 is 0 Å². The summed E-state index contributed by atoms with van der Waals surface area (Å²) in [5, 5.41) is 0. The molecular formula is C52H100. The largest absolute Gasteiger partial charge is 0.0533 e. The quantitative estimate of drug-likeness (QED) is 0.233. The molecule has 0 spiro atoms. The number of hydrogen-bond acceptors (Lipinski definition) is 0. The van der Waals surface area contributed by atoms with E-state index in [-0.39, 0.29) is 0 Å². The van der Waals surface area contributed by atoms with Gasteiger partial charge in [-0.25, -0.2) is 0 Å². The second-order valence-electron chi connectivity index (χ2n) is 19.7. The van der Waals surface area contributed by atoms with Crippen LogP contribution in [0.3, 0.4) is 0 Å². The molecule has 308 valence electrons. The Morgan fingerprint density at radius 3 is 0.231 bits per heavy atom. The average molecular weight is 725 g/mol. The monoisotopic (exact) mass is 725 g/mol. The minimum atomic E-state index is 1.17. The fourth-order valence-corrected chi connectivity index (χ4v) is 11.1. The lowest BCUT2D eigenvalue weighted by Crippen LogP contribution is -1.90. The molecule has 10 fully saturated rings. The van der Waals surface area contributed by atoms with Crippen molar-refractivity contribution in [3.63, 3.8) is 0 Å². The highest BCUT2D eigenvalue weighted by Crippen LogP contribution is 2.44. The van der Waals surface area contributed by atoms with E-state index in [0.29, 0.717) is 0 Å². The Morgan fingerprint density at radius 2 is 0.192 bits per heavy atom. The molecule has 0 unspecified atom stereocenters. The van der Waals surface area contributed by atoms with Crippen LogP contribution in [0.2, 0.25) is 0 Å². The average Bonchev–Trinajstić information content (AvgIpc) is 4.06. The molecule has 0 aliphatic heterocycles. The summed E-state index contributed by atoms with van der Waals surface area (Å²) >= 11 is 0. The second kappa shape index (κ2) is 35.4. The second-order valence-corrected chi connectivity index (χ2v) is 19.7. The van der Waals surface area contributed by atoms with Gasteiger partial charge in [0.1, 0.15) is 0 Å². The molecule has 0 aromatic carbocycles. The molecule has 0 amide bonds. The molecule has 10 saturated carbocycles. The van der Waals surface area contributed by atoms with Crippen LogP contribution in [0.25, 0.3) is 0 Å². The van der Waals surface area contributed by atoms with E-state index in [0.717, 1.165) is 0 Å². The van der Waals surface area contributed by atoms with E-state index >= 15 is 0 Å². The highest BCUT2D eigenvalue weighted by molar-refractivity contribution is 4.83. The Hall–Kier alpha value is 0. The first-order chi connectivity index (χ1) is 25.9. The molecule has 0 saturated heterocycles. The van der Waals surface area contributed by atoms with Crippen LogP contribution in [0.1, 0.15) is 308 Å². The van der Waals surface area contributed by atoms with E-state index in [1.807, 2.05) is 0 Å². The SMILES string of the molecule is C1CC2CCC1C2.C1CC2CCC1C2.C1CCCC1.C1CCCC1.C1CCCCC1.C1CCCCC1.C1CCCCCCC1.C1CCCCCCC1. The van der Waals surface area contributed by atoms with Crippen LogP contribution in [0, 0.1) is 23.7 Å². The highest BCUT2D eigenvalue weighted by atomic mass is 14.4. The first-order valence-corrected chi connectivity index (χ1v) is 25.9. The van der Waals surface area contributed by atoms with Gasteiger partial charge in [-0.3, -0.25) is 0 Å². The molecule has 0 nitrogen and oxygen atoms in total. The molecule has 52 heavy (non-hydrogen) atoms. The van der Waals surface area contributed by atoms with Crippen LogP contribution >= 0.6 is 0 Å². The van der Waals surface area contributed by atoms with Crippen LogP contribution in [0.5, 0.6) is 0 Å². The molecule has 10 aliphatic rings. The van der Waals surface area contributed by atoms with Crippen molar-refractivity contribution in [1.29, 1.82) is 0 Å². The van der Waals surface area contributed by atoms with Crippen molar-refractivity contribution in [1.82, 2.24) is 0 Å². The predicted octanol–water partition coefficient (Wildman–Crippen LogP) is 19.2. The zero-order chi connectivity index (χ0) is 36.3. The van der Waals surface area contributed by atoms with Crippen LogP contribution in [-0.4, -0.2) is 0 Å². The summed E-state index contributed by atoms with van der Waals surface area (Å²) in [5.41, 5.74) is 0. The molecule has 0 radical (unpaired) electrons. The summed E-state index contributed by atoms with van der Waals surface area (Å²) in [6, 6.07) is 0. The van der Waals surface area contributed by atoms with Gasteiger partial charge in [0.25, 0.3) is 0 Å². The summed E-state index contributed by atoms with van der Waals surface area (Å²) in [4.78, 5) is 0. The van der Waals surface area contributed by atoms with Gasteiger partial charge in [0.15, 0.2) is 0 Å². The van der Waals surface area contributed by atoms with Crippen LogP contribution in [-0.2, 0) is 0 Å². The minimum Gasteiger partial charge on any atom is -0.0533 e. The van der Waals surface area contributed by atoms with Gasteiger partial charge in [-0.15, -0.1) is 0 Å². The fraction of sp³-hybridized carbons (Fsp3) is 1.00. The Labute approximate surface area is 330 Å². The Morgan fingerprint density at radius 1 is 0.115 bits per heavy atom. The molecule has 0 aromatic heterocycles. The van der Waals surface area contributed by atoms with Crippen molar-refractivity contribution in [2.45, 2.75) is 308 Å². The lowest BCUT2D eigenvalue weighted by atomic mass is 10.0.